The normalized spacial score (nSPS) is 22.5. The fourth-order valence-electron chi connectivity index (χ4n) is 3.30. The summed E-state index contributed by atoms with van der Waals surface area (Å²) in [5.41, 5.74) is 3.28. The quantitative estimate of drug-likeness (QED) is 0.882. The molecule has 0 radical (unpaired) electrons. The Balaban J connectivity index is 1.59. The molecule has 4 rings (SSSR count). The zero-order chi connectivity index (χ0) is 18.1. The number of hydrazine groups is 1. The van der Waals surface area contributed by atoms with E-state index in [0.717, 1.165) is 35.4 Å². The van der Waals surface area contributed by atoms with Crippen molar-refractivity contribution in [1.82, 2.24) is 15.3 Å². The third kappa shape index (κ3) is 3.43. The van der Waals surface area contributed by atoms with E-state index in [0.29, 0.717) is 13.2 Å². The summed E-state index contributed by atoms with van der Waals surface area (Å²) in [5, 5.41) is 7.21. The number of allylic oxidation sites excluding steroid dienone is 2. The van der Waals surface area contributed by atoms with Crippen molar-refractivity contribution < 1.29 is 9.53 Å². The molecule has 1 aliphatic carbocycles. The van der Waals surface area contributed by atoms with E-state index in [-0.39, 0.29) is 18.0 Å². The van der Waals surface area contributed by atoms with Gasteiger partial charge in [0.1, 0.15) is 6.17 Å². The van der Waals surface area contributed by atoms with E-state index in [1.54, 1.807) is 7.11 Å². The van der Waals surface area contributed by atoms with Gasteiger partial charge in [0.2, 0.25) is 5.91 Å². The molecule has 0 bridgehead atoms. The van der Waals surface area contributed by atoms with Gasteiger partial charge in [-0.15, -0.1) is 0 Å². The zero-order valence-electron chi connectivity index (χ0n) is 15.2. The molecule has 1 unspecified atom stereocenters. The Morgan fingerprint density at radius 1 is 1.31 bits per heavy atom. The predicted molar refractivity (Wildman–Crippen MR) is 101 cm³/mol. The number of likely N-dealkylation sites (N-methyl/N-ethyl adjacent to an activating group) is 1. The Morgan fingerprint density at radius 2 is 2.08 bits per heavy atom. The van der Waals surface area contributed by atoms with E-state index in [2.05, 4.69) is 40.7 Å². The monoisotopic (exact) mass is 352 g/mol. The SMILES string of the molecule is COCc1ccc(C2=CC=CN3C2=NC(NC(=O)C2CC2)CN3C)cc1. The van der Waals surface area contributed by atoms with Crippen LogP contribution in [0, 0.1) is 5.92 Å². The lowest BCUT2D eigenvalue weighted by Gasteiger charge is -2.40. The Morgan fingerprint density at radius 3 is 2.77 bits per heavy atom. The molecule has 0 spiro atoms. The van der Waals surface area contributed by atoms with Crippen LogP contribution in [0.25, 0.3) is 5.57 Å². The van der Waals surface area contributed by atoms with Crippen molar-refractivity contribution in [2.75, 3.05) is 20.7 Å². The lowest BCUT2D eigenvalue weighted by molar-refractivity contribution is -0.123. The molecule has 1 N–H and O–H groups in total. The Hall–Kier alpha value is -2.44. The molecule has 0 aromatic heterocycles. The highest BCUT2D eigenvalue weighted by Crippen LogP contribution is 2.30. The van der Waals surface area contributed by atoms with Crippen molar-refractivity contribution in [3.63, 3.8) is 0 Å². The van der Waals surface area contributed by atoms with Gasteiger partial charge in [0.15, 0.2) is 5.84 Å². The summed E-state index contributed by atoms with van der Waals surface area (Å²) in [4.78, 5) is 17.0. The molecule has 6 nitrogen and oxygen atoms in total. The molecular formula is C20H24N4O2. The summed E-state index contributed by atoms with van der Waals surface area (Å²) in [6.45, 7) is 1.26. The molecule has 26 heavy (non-hydrogen) atoms. The molecule has 1 fully saturated rings. The molecule has 0 saturated heterocycles. The molecule has 1 saturated carbocycles. The Labute approximate surface area is 153 Å². The number of nitrogens with one attached hydrogen (secondary N) is 1. The number of rotatable bonds is 5. The smallest absolute Gasteiger partial charge is 0.224 e. The van der Waals surface area contributed by atoms with Crippen LogP contribution < -0.4 is 5.32 Å². The van der Waals surface area contributed by atoms with Gasteiger partial charge in [-0.1, -0.05) is 24.3 Å². The number of ether oxygens (including phenoxy) is 1. The van der Waals surface area contributed by atoms with E-state index < -0.39 is 0 Å². The number of hydrogen-bond acceptors (Lipinski definition) is 5. The van der Waals surface area contributed by atoms with Gasteiger partial charge in [-0.25, -0.2) is 10.0 Å². The number of amidine groups is 1. The van der Waals surface area contributed by atoms with Gasteiger partial charge in [0, 0.05) is 31.8 Å². The van der Waals surface area contributed by atoms with Gasteiger partial charge in [0.25, 0.3) is 0 Å². The standard InChI is InChI=1S/C20H24N4O2/c1-23-12-18(22-20(25)16-9-10-16)21-19-17(4-3-11-24(19)23)15-7-5-14(6-8-15)13-26-2/h3-8,11,16,18H,9-10,12-13H2,1-2H3,(H,22,25). The maximum Gasteiger partial charge on any atom is 0.224 e. The largest absolute Gasteiger partial charge is 0.380 e. The van der Waals surface area contributed by atoms with Crippen LogP contribution in [0.15, 0.2) is 47.6 Å². The second-order valence-electron chi connectivity index (χ2n) is 6.99. The van der Waals surface area contributed by atoms with Crippen LogP contribution in [0.1, 0.15) is 24.0 Å². The number of aliphatic imine (C=N–C) groups is 1. The van der Waals surface area contributed by atoms with E-state index >= 15 is 0 Å². The van der Waals surface area contributed by atoms with Gasteiger partial charge < -0.3 is 10.1 Å². The van der Waals surface area contributed by atoms with Crippen molar-refractivity contribution in [2.24, 2.45) is 10.9 Å². The summed E-state index contributed by atoms with van der Waals surface area (Å²) in [6.07, 6.45) is 7.87. The first-order valence-corrected chi connectivity index (χ1v) is 9.01. The molecular weight excluding hydrogens is 328 g/mol. The fourth-order valence-corrected chi connectivity index (χ4v) is 3.30. The van der Waals surface area contributed by atoms with Crippen LogP contribution in [-0.4, -0.2) is 48.6 Å². The average molecular weight is 352 g/mol. The third-order valence-corrected chi connectivity index (χ3v) is 4.86. The fraction of sp³-hybridized carbons (Fsp3) is 0.400. The number of benzene rings is 1. The third-order valence-electron chi connectivity index (χ3n) is 4.86. The second-order valence-corrected chi connectivity index (χ2v) is 6.99. The zero-order valence-corrected chi connectivity index (χ0v) is 15.2. The second kappa shape index (κ2) is 7.05. The minimum absolute atomic E-state index is 0.127. The van der Waals surface area contributed by atoms with E-state index in [4.69, 9.17) is 9.73 Å². The minimum Gasteiger partial charge on any atom is -0.380 e. The molecule has 2 aliphatic heterocycles. The number of carbonyl (C=O) groups excluding carboxylic acids is 1. The van der Waals surface area contributed by atoms with Crippen LogP contribution in [0.4, 0.5) is 0 Å². The van der Waals surface area contributed by atoms with Crippen molar-refractivity contribution in [1.29, 1.82) is 0 Å². The predicted octanol–water partition coefficient (Wildman–Crippen LogP) is 2.16. The first kappa shape index (κ1) is 17.0. The highest BCUT2D eigenvalue weighted by Gasteiger charge is 2.34. The lowest BCUT2D eigenvalue weighted by atomic mass is 10.0. The summed E-state index contributed by atoms with van der Waals surface area (Å²) in [7, 11) is 3.71. The first-order chi connectivity index (χ1) is 12.7. The van der Waals surface area contributed by atoms with Gasteiger partial charge in [0.05, 0.1) is 13.2 Å². The highest BCUT2D eigenvalue weighted by molar-refractivity contribution is 6.24. The van der Waals surface area contributed by atoms with Gasteiger partial charge in [-0.3, -0.25) is 9.80 Å². The van der Waals surface area contributed by atoms with E-state index in [1.807, 2.05) is 24.3 Å². The number of methoxy groups -OCH3 is 1. The molecule has 1 amide bonds. The van der Waals surface area contributed by atoms with Crippen molar-refractivity contribution >= 4 is 17.3 Å². The van der Waals surface area contributed by atoms with Crippen molar-refractivity contribution in [3.05, 3.63) is 53.7 Å². The Kier molecular flexibility index (Phi) is 4.61. The lowest BCUT2D eigenvalue weighted by Crippen LogP contribution is -2.54. The summed E-state index contributed by atoms with van der Waals surface area (Å²) in [6, 6.07) is 8.32. The number of carbonyl (C=O) groups is 1. The summed E-state index contributed by atoms with van der Waals surface area (Å²) >= 11 is 0. The van der Waals surface area contributed by atoms with Crippen molar-refractivity contribution in [3.8, 4) is 0 Å². The Bertz CT molecular complexity index is 778. The van der Waals surface area contributed by atoms with Crippen LogP contribution in [0.2, 0.25) is 0 Å². The summed E-state index contributed by atoms with van der Waals surface area (Å²) in [5.74, 6) is 1.18. The molecule has 2 heterocycles. The highest BCUT2D eigenvalue weighted by atomic mass is 16.5. The minimum atomic E-state index is -0.220. The number of nitrogens with zero attached hydrogens (tertiary/aromatic N) is 3. The van der Waals surface area contributed by atoms with Gasteiger partial charge >= 0.3 is 0 Å². The molecule has 6 heteroatoms. The van der Waals surface area contributed by atoms with Gasteiger partial charge in [-0.05, 0) is 36.1 Å². The van der Waals surface area contributed by atoms with Crippen LogP contribution in [-0.2, 0) is 16.1 Å². The van der Waals surface area contributed by atoms with Crippen LogP contribution >= 0.6 is 0 Å². The van der Waals surface area contributed by atoms with Gasteiger partial charge in [-0.2, -0.15) is 0 Å². The summed E-state index contributed by atoms with van der Waals surface area (Å²) < 4.78 is 5.18. The number of fused-ring (bicyclic) bond motifs is 1. The molecule has 1 aromatic rings. The maximum atomic E-state index is 12.1. The van der Waals surface area contributed by atoms with Crippen LogP contribution in [0.5, 0.6) is 0 Å². The first-order valence-electron chi connectivity index (χ1n) is 9.01. The van der Waals surface area contributed by atoms with E-state index in [1.165, 1.54) is 0 Å². The average Bonchev–Trinajstić information content (AvgIpc) is 3.48. The molecule has 1 atom stereocenters. The van der Waals surface area contributed by atoms with Crippen molar-refractivity contribution in [2.45, 2.75) is 25.6 Å². The number of hydrogen-bond donors (Lipinski definition) is 1. The topological polar surface area (TPSA) is 57.2 Å². The maximum absolute atomic E-state index is 12.1. The molecule has 1 aromatic carbocycles. The molecule has 3 aliphatic rings. The van der Waals surface area contributed by atoms with Crippen LogP contribution in [0.3, 0.4) is 0 Å². The molecule has 136 valence electrons. The van der Waals surface area contributed by atoms with E-state index in [9.17, 15) is 4.79 Å². The number of amides is 1.